The summed E-state index contributed by atoms with van der Waals surface area (Å²) in [6.45, 7) is 0. The van der Waals surface area contributed by atoms with Crippen molar-refractivity contribution in [3.63, 3.8) is 0 Å². The Balaban J connectivity index is 2.01. The summed E-state index contributed by atoms with van der Waals surface area (Å²) in [4.78, 5) is 15.9. The SMILES string of the molecule is COc1ccc(Cc2nc3ccc(Cl)cn3c2C=O)cc1. The number of carbonyl (C=O) groups is 1. The second-order valence-corrected chi connectivity index (χ2v) is 5.10. The van der Waals surface area contributed by atoms with E-state index in [1.807, 2.05) is 24.3 Å². The van der Waals surface area contributed by atoms with Gasteiger partial charge in [-0.1, -0.05) is 23.7 Å². The molecule has 4 nitrogen and oxygen atoms in total. The number of aldehydes is 1. The molecule has 3 rings (SSSR count). The van der Waals surface area contributed by atoms with Crippen LogP contribution >= 0.6 is 11.6 Å². The molecule has 21 heavy (non-hydrogen) atoms. The van der Waals surface area contributed by atoms with Crippen LogP contribution in [-0.4, -0.2) is 22.8 Å². The zero-order chi connectivity index (χ0) is 14.8. The Morgan fingerprint density at radius 1 is 1.24 bits per heavy atom. The fourth-order valence-electron chi connectivity index (χ4n) is 2.28. The van der Waals surface area contributed by atoms with E-state index >= 15 is 0 Å². The van der Waals surface area contributed by atoms with Gasteiger partial charge in [-0.25, -0.2) is 4.98 Å². The van der Waals surface area contributed by atoms with E-state index < -0.39 is 0 Å². The first-order valence-corrected chi connectivity index (χ1v) is 6.83. The number of hydrogen-bond acceptors (Lipinski definition) is 3. The van der Waals surface area contributed by atoms with Crippen LogP contribution in [0, 0.1) is 0 Å². The van der Waals surface area contributed by atoms with Crippen LogP contribution in [0.2, 0.25) is 5.02 Å². The lowest BCUT2D eigenvalue weighted by atomic mass is 10.1. The van der Waals surface area contributed by atoms with Gasteiger partial charge in [0.1, 0.15) is 17.1 Å². The lowest BCUT2D eigenvalue weighted by Gasteiger charge is -2.02. The minimum absolute atomic E-state index is 0.531. The number of benzene rings is 1. The van der Waals surface area contributed by atoms with Crippen LogP contribution in [0.1, 0.15) is 21.7 Å². The van der Waals surface area contributed by atoms with Crippen LogP contribution < -0.4 is 4.74 Å². The third-order valence-corrected chi connectivity index (χ3v) is 3.56. The van der Waals surface area contributed by atoms with Gasteiger partial charge in [0.2, 0.25) is 0 Å². The summed E-state index contributed by atoms with van der Waals surface area (Å²) in [7, 11) is 1.63. The molecule has 0 aliphatic carbocycles. The summed E-state index contributed by atoms with van der Waals surface area (Å²) < 4.78 is 6.85. The number of halogens is 1. The second kappa shape index (κ2) is 5.58. The number of hydrogen-bond donors (Lipinski definition) is 0. The summed E-state index contributed by atoms with van der Waals surface area (Å²) in [5.74, 6) is 0.802. The minimum Gasteiger partial charge on any atom is -0.497 e. The molecular weight excluding hydrogens is 288 g/mol. The molecule has 0 fully saturated rings. The van der Waals surface area contributed by atoms with Gasteiger partial charge in [-0.05, 0) is 29.8 Å². The van der Waals surface area contributed by atoms with Gasteiger partial charge >= 0.3 is 0 Å². The van der Waals surface area contributed by atoms with Crippen LogP contribution in [0.5, 0.6) is 5.75 Å². The smallest absolute Gasteiger partial charge is 0.168 e. The maximum atomic E-state index is 11.4. The average molecular weight is 301 g/mol. The lowest BCUT2D eigenvalue weighted by molar-refractivity contribution is 0.111. The minimum atomic E-state index is 0.531. The maximum absolute atomic E-state index is 11.4. The number of ether oxygens (including phenoxy) is 1. The summed E-state index contributed by atoms with van der Waals surface area (Å²) in [5.41, 5.74) is 3.04. The van der Waals surface area contributed by atoms with Crippen molar-refractivity contribution in [3.05, 3.63) is 64.6 Å². The van der Waals surface area contributed by atoms with Crippen molar-refractivity contribution in [2.24, 2.45) is 0 Å². The van der Waals surface area contributed by atoms with Crippen LogP contribution in [0.3, 0.4) is 0 Å². The molecule has 0 aliphatic rings. The number of aromatic nitrogens is 2. The van der Waals surface area contributed by atoms with E-state index in [0.29, 0.717) is 22.8 Å². The van der Waals surface area contributed by atoms with Gasteiger partial charge in [-0.2, -0.15) is 0 Å². The topological polar surface area (TPSA) is 43.6 Å². The average Bonchev–Trinajstić information content (AvgIpc) is 2.84. The molecule has 1 aromatic carbocycles. The predicted molar refractivity (Wildman–Crippen MR) is 81.4 cm³/mol. The third-order valence-electron chi connectivity index (χ3n) is 3.34. The molecular formula is C16H13ClN2O2. The lowest BCUT2D eigenvalue weighted by Crippen LogP contribution is -1.96. The molecule has 0 radical (unpaired) electrons. The Hall–Kier alpha value is -2.33. The Bertz CT molecular complexity index is 794. The summed E-state index contributed by atoms with van der Waals surface area (Å²) in [6, 6.07) is 11.3. The number of methoxy groups -OCH3 is 1. The summed E-state index contributed by atoms with van der Waals surface area (Å²) in [6.07, 6.45) is 3.09. The number of pyridine rings is 1. The van der Waals surface area contributed by atoms with Crippen LogP contribution in [0.4, 0.5) is 0 Å². The number of carbonyl (C=O) groups excluding carboxylic acids is 1. The predicted octanol–water partition coefficient (Wildman–Crippen LogP) is 3.40. The van der Waals surface area contributed by atoms with E-state index in [2.05, 4.69) is 4.98 Å². The molecule has 2 heterocycles. The largest absolute Gasteiger partial charge is 0.497 e. The fourth-order valence-corrected chi connectivity index (χ4v) is 2.44. The Morgan fingerprint density at radius 2 is 2.00 bits per heavy atom. The highest BCUT2D eigenvalue weighted by atomic mass is 35.5. The number of nitrogens with zero attached hydrogens (tertiary/aromatic N) is 2. The third kappa shape index (κ3) is 2.62. The van der Waals surface area contributed by atoms with Crippen molar-refractivity contribution in [3.8, 4) is 5.75 Å². The molecule has 0 atom stereocenters. The molecule has 2 aromatic heterocycles. The second-order valence-electron chi connectivity index (χ2n) is 4.66. The van der Waals surface area contributed by atoms with Crippen LogP contribution in [0.25, 0.3) is 5.65 Å². The highest BCUT2D eigenvalue weighted by molar-refractivity contribution is 6.30. The Labute approximate surface area is 126 Å². The molecule has 0 N–H and O–H groups in total. The number of imidazole rings is 1. The van der Waals surface area contributed by atoms with Crippen LogP contribution in [-0.2, 0) is 6.42 Å². The Kier molecular flexibility index (Phi) is 3.62. The zero-order valence-corrected chi connectivity index (χ0v) is 12.2. The molecule has 0 aliphatic heterocycles. The quantitative estimate of drug-likeness (QED) is 0.694. The van der Waals surface area contributed by atoms with Gasteiger partial charge in [-0.3, -0.25) is 9.20 Å². The summed E-state index contributed by atoms with van der Waals surface area (Å²) in [5, 5.41) is 0.569. The molecule has 0 bridgehead atoms. The molecule has 5 heteroatoms. The first-order chi connectivity index (χ1) is 10.2. The standard InChI is InChI=1S/C16H13ClN2O2/c1-21-13-5-2-11(3-6-13)8-14-15(10-20)19-9-12(17)4-7-16(19)18-14/h2-7,9-10H,8H2,1H3. The Morgan fingerprint density at radius 3 is 2.67 bits per heavy atom. The van der Waals surface area contributed by atoms with E-state index in [4.69, 9.17) is 16.3 Å². The zero-order valence-electron chi connectivity index (χ0n) is 11.4. The van der Waals surface area contributed by atoms with Gasteiger partial charge in [0, 0.05) is 12.6 Å². The first-order valence-electron chi connectivity index (χ1n) is 6.46. The van der Waals surface area contributed by atoms with E-state index in [1.54, 1.807) is 29.8 Å². The van der Waals surface area contributed by atoms with E-state index in [1.165, 1.54) is 0 Å². The van der Waals surface area contributed by atoms with E-state index in [0.717, 1.165) is 23.3 Å². The number of fused-ring (bicyclic) bond motifs is 1. The van der Waals surface area contributed by atoms with E-state index in [9.17, 15) is 4.79 Å². The van der Waals surface area contributed by atoms with Crippen molar-refractivity contribution in [2.75, 3.05) is 7.11 Å². The van der Waals surface area contributed by atoms with Gasteiger partial charge in [-0.15, -0.1) is 0 Å². The van der Waals surface area contributed by atoms with Gasteiger partial charge < -0.3 is 4.74 Å². The van der Waals surface area contributed by atoms with Crippen molar-refractivity contribution in [1.82, 2.24) is 9.38 Å². The van der Waals surface area contributed by atoms with Gasteiger partial charge in [0.15, 0.2) is 6.29 Å². The maximum Gasteiger partial charge on any atom is 0.168 e. The highest BCUT2D eigenvalue weighted by Gasteiger charge is 2.12. The van der Waals surface area contributed by atoms with Crippen molar-refractivity contribution in [1.29, 1.82) is 0 Å². The van der Waals surface area contributed by atoms with Crippen molar-refractivity contribution >= 4 is 23.5 Å². The monoisotopic (exact) mass is 300 g/mol. The summed E-state index contributed by atoms with van der Waals surface area (Å²) >= 11 is 5.97. The van der Waals surface area contributed by atoms with Gasteiger partial charge in [0.05, 0.1) is 17.8 Å². The normalized spacial score (nSPS) is 10.8. The molecule has 106 valence electrons. The van der Waals surface area contributed by atoms with Crippen molar-refractivity contribution < 1.29 is 9.53 Å². The van der Waals surface area contributed by atoms with E-state index in [-0.39, 0.29) is 0 Å². The first kappa shape index (κ1) is 13.6. The molecule has 0 saturated heterocycles. The highest BCUT2D eigenvalue weighted by Crippen LogP contribution is 2.19. The number of rotatable bonds is 4. The van der Waals surface area contributed by atoms with Crippen LogP contribution in [0.15, 0.2) is 42.6 Å². The molecule has 3 aromatic rings. The molecule has 0 saturated carbocycles. The fraction of sp³-hybridized carbons (Fsp3) is 0.125. The van der Waals surface area contributed by atoms with Gasteiger partial charge in [0.25, 0.3) is 0 Å². The molecule has 0 amide bonds. The molecule has 0 spiro atoms. The van der Waals surface area contributed by atoms with Crippen molar-refractivity contribution in [2.45, 2.75) is 6.42 Å². The molecule has 0 unspecified atom stereocenters.